The quantitative estimate of drug-likeness (QED) is 0.568. The lowest BCUT2D eigenvalue weighted by atomic mass is 10.2. The Hall–Kier alpha value is -2.58. The van der Waals surface area contributed by atoms with Crippen molar-refractivity contribution in [1.82, 2.24) is 15.0 Å². The van der Waals surface area contributed by atoms with Crippen molar-refractivity contribution >= 4 is 53.8 Å². The van der Waals surface area contributed by atoms with Gasteiger partial charge in [0, 0.05) is 17.3 Å². The fourth-order valence-electron chi connectivity index (χ4n) is 2.66. The molecular formula is C18H16N4O2S2. The van der Waals surface area contributed by atoms with Gasteiger partial charge in [0.2, 0.25) is 0 Å². The number of rotatable bonds is 4. The van der Waals surface area contributed by atoms with E-state index in [1.807, 2.05) is 12.1 Å². The molecular weight excluding hydrogens is 368 g/mol. The van der Waals surface area contributed by atoms with Crippen molar-refractivity contribution in [1.29, 1.82) is 0 Å². The molecule has 4 aromatic rings. The van der Waals surface area contributed by atoms with Crippen LogP contribution in [0.15, 0.2) is 53.1 Å². The molecule has 0 radical (unpaired) electrons. The zero-order chi connectivity index (χ0) is 18.3. The molecule has 0 spiro atoms. The van der Waals surface area contributed by atoms with Crippen molar-refractivity contribution in [2.45, 2.75) is 24.0 Å². The average molecular weight is 384 g/mol. The molecule has 3 aromatic heterocycles. The van der Waals surface area contributed by atoms with Gasteiger partial charge in [-0.3, -0.25) is 4.98 Å². The van der Waals surface area contributed by atoms with Gasteiger partial charge in [-0.25, -0.2) is 18.4 Å². The van der Waals surface area contributed by atoms with E-state index in [4.69, 9.17) is 0 Å². The molecule has 1 aromatic carbocycles. The van der Waals surface area contributed by atoms with Crippen LogP contribution in [0.3, 0.4) is 0 Å². The van der Waals surface area contributed by atoms with Crippen molar-refractivity contribution in [2.75, 3.05) is 5.32 Å². The van der Waals surface area contributed by atoms with Gasteiger partial charge in [0.05, 0.1) is 33.1 Å². The first-order valence-electron chi connectivity index (χ1n) is 8.04. The maximum Gasteiger partial charge on any atom is 0.180 e. The first kappa shape index (κ1) is 16.9. The number of aromatic nitrogens is 3. The Bertz CT molecular complexity index is 1220. The Morgan fingerprint density at radius 1 is 1.04 bits per heavy atom. The third-order valence-electron chi connectivity index (χ3n) is 4.13. The van der Waals surface area contributed by atoms with Crippen molar-refractivity contribution in [3.05, 3.63) is 48.2 Å². The highest BCUT2D eigenvalue weighted by Crippen LogP contribution is 2.29. The molecule has 1 N–H and O–H groups in total. The molecule has 0 fully saturated rings. The zero-order valence-corrected chi connectivity index (χ0v) is 15.8. The minimum atomic E-state index is -3.36. The number of hydrogen-bond donors (Lipinski definition) is 1. The minimum Gasteiger partial charge on any atom is -0.354 e. The number of sulfone groups is 1. The summed E-state index contributed by atoms with van der Waals surface area (Å²) in [4.78, 5) is 14.2. The maximum absolute atomic E-state index is 12.5. The summed E-state index contributed by atoms with van der Waals surface area (Å²) in [5.74, 6) is 0. The summed E-state index contributed by atoms with van der Waals surface area (Å²) in [7, 11) is -3.36. The number of nitrogens with zero attached hydrogens (tertiary/aromatic N) is 3. The number of benzene rings is 1. The molecule has 0 aliphatic rings. The maximum atomic E-state index is 12.5. The number of anilines is 2. The van der Waals surface area contributed by atoms with Crippen LogP contribution in [0.1, 0.15) is 13.8 Å². The molecule has 0 aliphatic carbocycles. The van der Waals surface area contributed by atoms with Crippen molar-refractivity contribution < 1.29 is 8.42 Å². The van der Waals surface area contributed by atoms with Crippen LogP contribution in [-0.2, 0) is 9.84 Å². The highest BCUT2D eigenvalue weighted by Gasteiger charge is 2.20. The van der Waals surface area contributed by atoms with E-state index in [2.05, 4.69) is 20.3 Å². The normalized spacial score (nSPS) is 12.1. The van der Waals surface area contributed by atoms with Crippen LogP contribution in [0.2, 0.25) is 0 Å². The lowest BCUT2D eigenvalue weighted by molar-refractivity contribution is 0.587. The second-order valence-corrected chi connectivity index (χ2v) is 9.49. The fourth-order valence-corrected chi connectivity index (χ4v) is 4.36. The van der Waals surface area contributed by atoms with Crippen LogP contribution < -0.4 is 5.32 Å². The van der Waals surface area contributed by atoms with Gasteiger partial charge < -0.3 is 5.32 Å². The summed E-state index contributed by atoms with van der Waals surface area (Å²) in [5.41, 5.74) is 4.86. The monoisotopic (exact) mass is 384 g/mol. The number of hydrogen-bond acceptors (Lipinski definition) is 7. The number of pyridine rings is 2. The Morgan fingerprint density at radius 2 is 1.88 bits per heavy atom. The van der Waals surface area contributed by atoms with E-state index in [0.29, 0.717) is 4.90 Å². The molecule has 8 heteroatoms. The summed E-state index contributed by atoms with van der Waals surface area (Å²) in [5, 5.41) is 3.57. The fraction of sp³-hybridized carbons (Fsp3) is 0.167. The predicted octanol–water partition coefficient (Wildman–Crippen LogP) is 4.17. The van der Waals surface area contributed by atoms with Gasteiger partial charge in [0.15, 0.2) is 9.84 Å². The van der Waals surface area contributed by atoms with E-state index in [-0.39, 0.29) is 0 Å². The Kier molecular flexibility index (Phi) is 4.08. The van der Waals surface area contributed by atoms with Crippen LogP contribution in [0.4, 0.5) is 11.4 Å². The molecule has 0 unspecified atom stereocenters. The van der Waals surface area contributed by atoms with Crippen LogP contribution in [-0.4, -0.2) is 28.6 Å². The van der Waals surface area contributed by atoms with E-state index in [1.54, 1.807) is 50.0 Å². The van der Waals surface area contributed by atoms with Gasteiger partial charge >= 0.3 is 0 Å². The minimum absolute atomic E-state index is 0.295. The van der Waals surface area contributed by atoms with E-state index in [1.165, 1.54) is 11.3 Å². The Morgan fingerprint density at radius 3 is 2.69 bits per heavy atom. The van der Waals surface area contributed by atoms with Gasteiger partial charge in [0.25, 0.3) is 0 Å². The molecule has 26 heavy (non-hydrogen) atoms. The number of fused-ring (bicyclic) bond motifs is 2. The van der Waals surface area contributed by atoms with Crippen molar-refractivity contribution in [2.24, 2.45) is 0 Å². The Labute approximate surface area is 154 Å². The number of thiazole rings is 1. The third kappa shape index (κ3) is 2.91. The third-order valence-corrected chi connectivity index (χ3v) is 7.03. The lowest BCUT2D eigenvalue weighted by Gasteiger charge is -2.12. The molecule has 0 aliphatic heterocycles. The average Bonchev–Trinajstić information content (AvgIpc) is 3.09. The first-order valence-corrected chi connectivity index (χ1v) is 10.5. The molecule has 6 nitrogen and oxygen atoms in total. The molecule has 0 saturated carbocycles. The van der Waals surface area contributed by atoms with Gasteiger partial charge in [0.1, 0.15) is 10.3 Å². The van der Waals surface area contributed by atoms with E-state index in [9.17, 15) is 8.42 Å². The summed E-state index contributed by atoms with van der Waals surface area (Å²) in [6, 6.07) is 8.75. The number of nitrogens with one attached hydrogen (secondary N) is 1. The SMILES string of the molecule is CC(C)S(=O)(=O)c1ccc2nccc(Nc3cnc4scnc4c3)c2c1. The van der Waals surface area contributed by atoms with Crippen LogP contribution in [0, 0.1) is 0 Å². The highest BCUT2D eigenvalue weighted by molar-refractivity contribution is 7.92. The van der Waals surface area contributed by atoms with Crippen molar-refractivity contribution in [3.63, 3.8) is 0 Å². The molecule has 0 amide bonds. The van der Waals surface area contributed by atoms with Crippen LogP contribution in [0.25, 0.3) is 21.3 Å². The smallest absolute Gasteiger partial charge is 0.180 e. The summed E-state index contributed by atoms with van der Waals surface area (Å²) in [6.45, 7) is 3.35. The van der Waals surface area contributed by atoms with E-state index < -0.39 is 15.1 Å². The molecule has 0 atom stereocenters. The predicted molar refractivity (Wildman–Crippen MR) is 105 cm³/mol. The second kappa shape index (κ2) is 6.30. The van der Waals surface area contributed by atoms with Gasteiger partial charge in [-0.1, -0.05) is 0 Å². The van der Waals surface area contributed by atoms with E-state index in [0.717, 1.165) is 32.6 Å². The Balaban J connectivity index is 1.81. The molecule has 3 heterocycles. The molecule has 4 rings (SSSR count). The molecule has 0 saturated heterocycles. The summed E-state index contributed by atoms with van der Waals surface area (Å²) < 4.78 is 25.0. The molecule has 0 bridgehead atoms. The van der Waals surface area contributed by atoms with Gasteiger partial charge in [-0.15, -0.1) is 11.3 Å². The summed E-state index contributed by atoms with van der Waals surface area (Å²) in [6.07, 6.45) is 3.43. The van der Waals surface area contributed by atoms with Crippen LogP contribution >= 0.6 is 11.3 Å². The zero-order valence-electron chi connectivity index (χ0n) is 14.2. The molecule has 132 valence electrons. The van der Waals surface area contributed by atoms with Gasteiger partial charge in [-0.05, 0) is 44.2 Å². The van der Waals surface area contributed by atoms with Crippen molar-refractivity contribution in [3.8, 4) is 0 Å². The van der Waals surface area contributed by atoms with Gasteiger partial charge in [-0.2, -0.15) is 0 Å². The largest absolute Gasteiger partial charge is 0.354 e. The first-order chi connectivity index (χ1) is 12.4. The summed E-state index contributed by atoms with van der Waals surface area (Å²) >= 11 is 1.49. The van der Waals surface area contributed by atoms with E-state index >= 15 is 0 Å². The standard InChI is InChI=1S/C18H16N4O2S2/c1-11(2)26(23,24)13-3-4-15-14(8-13)16(5-6-19-15)22-12-7-17-18(20-9-12)25-10-21-17/h3-11H,1-2H3,(H,19,22). The topological polar surface area (TPSA) is 84.8 Å². The highest BCUT2D eigenvalue weighted by atomic mass is 32.2. The lowest BCUT2D eigenvalue weighted by Crippen LogP contribution is -2.13. The second-order valence-electron chi connectivity index (χ2n) is 6.16. The van der Waals surface area contributed by atoms with Crippen LogP contribution in [0.5, 0.6) is 0 Å².